The summed E-state index contributed by atoms with van der Waals surface area (Å²) in [5.41, 5.74) is 7.02. The fourth-order valence-electron chi connectivity index (χ4n) is 2.34. The van der Waals surface area contributed by atoms with E-state index < -0.39 is 12.1 Å². The molecule has 84 valence electrons. The molecule has 0 amide bonds. The van der Waals surface area contributed by atoms with Crippen LogP contribution in [0.5, 0.6) is 0 Å². The van der Waals surface area contributed by atoms with Gasteiger partial charge in [-0.2, -0.15) is 0 Å². The molecule has 2 aliphatic rings. The lowest BCUT2D eigenvalue weighted by Crippen LogP contribution is -2.35. The SMILES string of the molecule is [2H]C1([2H])OC(N)=N[C@]12CCc1cccc(Br)c1C2. The van der Waals surface area contributed by atoms with Gasteiger partial charge in [-0.1, -0.05) is 28.1 Å². The first-order valence-corrected chi connectivity index (χ1v) is 6.03. The van der Waals surface area contributed by atoms with E-state index in [0.717, 1.165) is 16.5 Å². The fourth-order valence-corrected chi connectivity index (χ4v) is 2.89. The molecule has 0 bridgehead atoms. The summed E-state index contributed by atoms with van der Waals surface area (Å²) in [7, 11) is 0. The van der Waals surface area contributed by atoms with Crippen LogP contribution in [0.15, 0.2) is 27.7 Å². The van der Waals surface area contributed by atoms with Crippen molar-refractivity contribution in [2.24, 2.45) is 10.7 Å². The predicted octanol–water partition coefficient (Wildman–Crippen LogP) is 2.02. The van der Waals surface area contributed by atoms with Gasteiger partial charge >= 0.3 is 0 Å². The van der Waals surface area contributed by atoms with Gasteiger partial charge in [0.25, 0.3) is 6.02 Å². The highest BCUT2D eigenvalue weighted by atomic mass is 79.9. The molecule has 0 radical (unpaired) electrons. The molecule has 1 aliphatic heterocycles. The number of rotatable bonds is 0. The van der Waals surface area contributed by atoms with Gasteiger partial charge in [-0.25, -0.2) is 4.99 Å². The Labute approximate surface area is 106 Å². The number of hydrogen-bond donors (Lipinski definition) is 1. The molecule has 1 spiro atoms. The smallest absolute Gasteiger partial charge is 0.282 e. The van der Waals surface area contributed by atoms with Crippen LogP contribution in [0.2, 0.25) is 0 Å². The second-order valence-corrected chi connectivity index (χ2v) is 5.09. The minimum absolute atomic E-state index is 0.0458. The van der Waals surface area contributed by atoms with Crippen LogP contribution in [0.4, 0.5) is 0 Å². The molecule has 4 heteroatoms. The number of hydrogen-bond acceptors (Lipinski definition) is 3. The third kappa shape index (κ3) is 1.52. The van der Waals surface area contributed by atoms with Crippen molar-refractivity contribution >= 4 is 22.0 Å². The lowest BCUT2D eigenvalue weighted by Gasteiger charge is -2.30. The zero-order valence-electron chi connectivity index (χ0n) is 10.7. The molecule has 16 heavy (non-hydrogen) atoms. The van der Waals surface area contributed by atoms with Gasteiger partial charge in [0.05, 0.1) is 2.74 Å². The largest absolute Gasteiger partial charge is 0.463 e. The van der Waals surface area contributed by atoms with Gasteiger partial charge in [0, 0.05) is 10.9 Å². The Kier molecular flexibility index (Phi) is 1.77. The van der Waals surface area contributed by atoms with E-state index >= 15 is 0 Å². The topological polar surface area (TPSA) is 47.6 Å². The highest BCUT2D eigenvalue weighted by Gasteiger charge is 2.39. The predicted molar refractivity (Wildman–Crippen MR) is 66.5 cm³/mol. The average Bonchev–Trinajstić information content (AvgIpc) is 2.50. The standard InChI is InChI=1S/C12H13BrN2O/c13-10-3-1-2-8-4-5-12(6-9(8)10)7-16-11(14)15-12/h1-3H,4-7H2,(H2,14,15)/t12-/m0/s1/i7D2. The number of nitrogens with zero attached hydrogens (tertiary/aromatic N) is 1. The van der Waals surface area contributed by atoms with Crippen LogP contribution in [-0.4, -0.2) is 18.1 Å². The molecule has 2 N–H and O–H groups in total. The van der Waals surface area contributed by atoms with Crippen molar-refractivity contribution in [1.82, 2.24) is 0 Å². The molecule has 1 atom stereocenters. The number of nitrogens with two attached hydrogens (primary N) is 1. The van der Waals surface area contributed by atoms with E-state index in [1.807, 2.05) is 12.1 Å². The van der Waals surface area contributed by atoms with E-state index in [2.05, 4.69) is 27.0 Å². The van der Waals surface area contributed by atoms with E-state index in [1.54, 1.807) is 0 Å². The molecule has 3 nitrogen and oxygen atoms in total. The Hall–Kier alpha value is -1.03. The number of aryl methyl sites for hydroxylation is 1. The van der Waals surface area contributed by atoms with Crippen LogP contribution in [-0.2, 0) is 17.6 Å². The molecule has 1 aromatic rings. The molecule has 0 unspecified atom stereocenters. The summed E-state index contributed by atoms with van der Waals surface area (Å²) in [6.07, 6.45) is 1.91. The third-order valence-electron chi connectivity index (χ3n) is 3.16. The molecular weight excluding hydrogens is 268 g/mol. The van der Waals surface area contributed by atoms with Gasteiger partial charge in [0.2, 0.25) is 0 Å². The summed E-state index contributed by atoms with van der Waals surface area (Å²) < 4.78 is 22.0. The molecule has 3 rings (SSSR count). The lowest BCUT2D eigenvalue weighted by molar-refractivity contribution is 0.234. The molecule has 0 saturated heterocycles. The third-order valence-corrected chi connectivity index (χ3v) is 3.91. The van der Waals surface area contributed by atoms with Crippen LogP contribution < -0.4 is 5.73 Å². The average molecular weight is 283 g/mol. The monoisotopic (exact) mass is 282 g/mol. The van der Waals surface area contributed by atoms with Crippen LogP contribution in [0.1, 0.15) is 20.3 Å². The number of fused-ring (bicyclic) bond motifs is 1. The molecule has 0 saturated carbocycles. The maximum absolute atomic E-state index is 8.01. The first-order valence-electron chi connectivity index (χ1n) is 6.24. The van der Waals surface area contributed by atoms with Crippen LogP contribution in [0.3, 0.4) is 0 Å². The number of amidine groups is 1. The Morgan fingerprint density at radius 3 is 3.19 bits per heavy atom. The maximum atomic E-state index is 8.01. The molecule has 1 aromatic carbocycles. The van der Waals surface area contributed by atoms with Crippen molar-refractivity contribution in [3.63, 3.8) is 0 Å². The van der Waals surface area contributed by atoms with Crippen molar-refractivity contribution in [2.75, 3.05) is 6.56 Å². The second kappa shape index (κ2) is 3.48. The van der Waals surface area contributed by atoms with E-state index in [-0.39, 0.29) is 6.02 Å². The van der Waals surface area contributed by atoms with Gasteiger partial charge in [-0.15, -0.1) is 0 Å². The fraction of sp³-hybridized carbons (Fsp3) is 0.417. The normalized spacial score (nSPS) is 32.4. The van der Waals surface area contributed by atoms with E-state index in [9.17, 15) is 0 Å². The molecule has 0 fully saturated rings. The number of benzene rings is 1. The number of ether oxygens (including phenoxy) is 1. The Morgan fingerprint density at radius 1 is 1.56 bits per heavy atom. The number of halogens is 1. The molecule has 1 heterocycles. The van der Waals surface area contributed by atoms with Crippen molar-refractivity contribution in [3.05, 3.63) is 33.8 Å². The summed E-state index contributed by atoms with van der Waals surface area (Å²) in [6, 6.07) is 6.00. The quantitative estimate of drug-likeness (QED) is 0.792. The van der Waals surface area contributed by atoms with Crippen molar-refractivity contribution in [1.29, 1.82) is 0 Å². The van der Waals surface area contributed by atoms with Gasteiger partial charge in [0.15, 0.2) is 0 Å². The van der Waals surface area contributed by atoms with E-state index in [1.165, 1.54) is 5.56 Å². The van der Waals surface area contributed by atoms with Crippen molar-refractivity contribution in [2.45, 2.75) is 24.8 Å². The van der Waals surface area contributed by atoms with E-state index in [0.29, 0.717) is 12.8 Å². The summed E-state index contributed by atoms with van der Waals surface area (Å²) in [5.74, 6) is 0. The highest BCUT2D eigenvalue weighted by Crippen LogP contribution is 2.37. The number of aliphatic imine (C=N–C) groups is 1. The molecular formula is C12H13BrN2O. The summed E-state index contributed by atoms with van der Waals surface area (Å²) >= 11 is 3.52. The first-order chi connectivity index (χ1) is 8.44. The van der Waals surface area contributed by atoms with Gasteiger partial charge in [-0.3, -0.25) is 0 Å². The van der Waals surface area contributed by atoms with Crippen LogP contribution >= 0.6 is 15.9 Å². The van der Waals surface area contributed by atoms with Crippen LogP contribution in [0.25, 0.3) is 0 Å². The lowest BCUT2D eigenvalue weighted by atomic mass is 9.79. The van der Waals surface area contributed by atoms with Gasteiger partial charge in [0.1, 0.15) is 12.1 Å². The zero-order valence-corrected chi connectivity index (χ0v) is 10.3. The zero-order chi connectivity index (χ0) is 13.0. The Balaban J connectivity index is 2.07. The Morgan fingerprint density at radius 2 is 2.44 bits per heavy atom. The van der Waals surface area contributed by atoms with Gasteiger partial charge in [-0.05, 0) is 30.0 Å². The summed E-state index contributed by atoms with van der Waals surface area (Å²) in [4.78, 5) is 4.25. The Bertz CT molecular complexity index is 547. The van der Waals surface area contributed by atoms with Gasteiger partial charge < -0.3 is 10.5 Å². The summed E-state index contributed by atoms with van der Waals surface area (Å²) in [6.45, 7) is -1.83. The highest BCUT2D eigenvalue weighted by molar-refractivity contribution is 9.10. The van der Waals surface area contributed by atoms with Crippen LogP contribution in [0, 0.1) is 0 Å². The second-order valence-electron chi connectivity index (χ2n) is 4.24. The van der Waals surface area contributed by atoms with E-state index in [4.69, 9.17) is 13.2 Å². The summed E-state index contributed by atoms with van der Waals surface area (Å²) in [5, 5.41) is 0. The first kappa shape index (κ1) is 8.12. The minimum Gasteiger partial charge on any atom is -0.463 e. The maximum Gasteiger partial charge on any atom is 0.282 e. The van der Waals surface area contributed by atoms with Crippen molar-refractivity contribution < 1.29 is 7.48 Å². The minimum atomic E-state index is -1.83. The van der Waals surface area contributed by atoms with Crippen molar-refractivity contribution in [3.8, 4) is 0 Å². The molecule has 1 aliphatic carbocycles. The molecule has 0 aromatic heterocycles.